The zero-order chi connectivity index (χ0) is 23.5. The lowest BCUT2D eigenvalue weighted by Crippen LogP contribution is -2.52. The molecule has 1 aromatic heterocycles. The fourth-order valence-corrected chi connectivity index (χ4v) is 4.05. The third-order valence-corrected chi connectivity index (χ3v) is 5.82. The zero-order valence-corrected chi connectivity index (χ0v) is 20.2. The number of nitrogens with zero attached hydrogens (tertiary/aromatic N) is 2. The van der Waals surface area contributed by atoms with Gasteiger partial charge in [0.25, 0.3) is 11.8 Å². The molecular weight excluding hydrogens is 539 g/mol. The van der Waals surface area contributed by atoms with Gasteiger partial charge in [-0.15, -0.1) is 0 Å². The van der Waals surface area contributed by atoms with Crippen LogP contribution >= 0.6 is 22.6 Å². The number of nitrogens with one attached hydrogen (secondary N) is 2. The molecule has 0 radical (unpaired) electrons. The molecular formula is C23H21IN4O5. The number of aromatic nitrogens is 1. The zero-order valence-electron chi connectivity index (χ0n) is 18.1. The average molecular weight is 560 g/mol. The van der Waals surface area contributed by atoms with Gasteiger partial charge in [0.2, 0.25) is 5.75 Å². The summed E-state index contributed by atoms with van der Waals surface area (Å²) in [6.07, 6.45) is 2.28. The summed E-state index contributed by atoms with van der Waals surface area (Å²) < 4.78 is 17.3. The lowest BCUT2D eigenvalue weighted by atomic mass is 10.0. The van der Waals surface area contributed by atoms with Crippen LogP contribution in [0.1, 0.15) is 32.4 Å². The number of rotatable bonds is 6. The van der Waals surface area contributed by atoms with Gasteiger partial charge < -0.3 is 19.5 Å². The lowest BCUT2D eigenvalue weighted by molar-refractivity contribution is 0.0490. The van der Waals surface area contributed by atoms with Crippen LogP contribution in [-0.4, -0.2) is 43.1 Å². The second-order valence-corrected chi connectivity index (χ2v) is 8.29. The molecule has 0 spiro atoms. The van der Waals surface area contributed by atoms with Crippen LogP contribution in [0.5, 0.6) is 17.2 Å². The number of methoxy groups -OCH3 is 3. The Morgan fingerprint density at radius 2 is 1.70 bits per heavy atom. The van der Waals surface area contributed by atoms with Crippen molar-refractivity contribution in [3.63, 3.8) is 0 Å². The predicted molar refractivity (Wildman–Crippen MR) is 129 cm³/mol. The molecule has 0 saturated carbocycles. The highest BCUT2D eigenvalue weighted by molar-refractivity contribution is 14.1. The topological polar surface area (TPSA) is 102 Å². The standard InChI is InChI=1S/C23H21IN4O5/c1-31-18-10-14(11-19(32-2)20(18)33-3)21-26-17-5-4-15(24)12-16(17)23(30)28(21)27-22(29)13-6-8-25-9-7-13/h4-12,21,26H,1-3H3,(H,27,29)/t21-/m1/s1. The van der Waals surface area contributed by atoms with E-state index in [9.17, 15) is 9.59 Å². The van der Waals surface area contributed by atoms with Crippen LogP contribution < -0.4 is 25.0 Å². The van der Waals surface area contributed by atoms with E-state index in [1.165, 1.54) is 38.7 Å². The minimum atomic E-state index is -0.746. The molecule has 0 fully saturated rings. The van der Waals surface area contributed by atoms with Crippen molar-refractivity contribution in [3.05, 3.63) is 75.1 Å². The van der Waals surface area contributed by atoms with Crippen molar-refractivity contribution in [1.82, 2.24) is 15.4 Å². The Morgan fingerprint density at radius 3 is 2.30 bits per heavy atom. The van der Waals surface area contributed by atoms with Gasteiger partial charge >= 0.3 is 0 Å². The molecule has 0 saturated heterocycles. The van der Waals surface area contributed by atoms with E-state index in [0.717, 1.165) is 3.57 Å². The summed E-state index contributed by atoms with van der Waals surface area (Å²) in [7, 11) is 4.54. The van der Waals surface area contributed by atoms with E-state index < -0.39 is 12.1 Å². The summed E-state index contributed by atoms with van der Waals surface area (Å²) in [5.74, 6) is 0.473. The van der Waals surface area contributed by atoms with E-state index in [1.807, 2.05) is 12.1 Å². The Bertz CT molecular complexity index is 1180. The third kappa shape index (κ3) is 4.38. The first-order chi connectivity index (χ1) is 16.0. The van der Waals surface area contributed by atoms with Crippen LogP contribution in [0.15, 0.2) is 54.9 Å². The number of carbonyl (C=O) groups is 2. The molecule has 2 N–H and O–H groups in total. The number of hydrogen-bond acceptors (Lipinski definition) is 7. The van der Waals surface area contributed by atoms with E-state index in [2.05, 4.69) is 38.3 Å². The van der Waals surface area contributed by atoms with Crippen molar-refractivity contribution < 1.29 is 23.8 Å². The van der Waals surface area contributed by atoms with E-state index >= 15 is 0 Å². The van der Waals surface area contributed by atoms with Crippen molar-refractivity contribution in [2.75, 3.05) is 26.6 Å². The number of amides is 2. The van der Waals surface area contributed by atoms with E-state index in [-0.39, 0.29) is 5.91 Å². The molecule has 0 bridgehead atoms. The number of fused-ring (bicyclic) bond motifs is 1. The van der Waals surface area contributed by atoms with Gasteiger partial charge in [-0.2, -0.15) is 0 Å². The first kappa shape index (κ1) is 22.6. The monoisotopic (exact) mass is 560 g/mol. The molecule has 3 aromatic rings. The number of hydrazine groups is 1. The van der Waals surface area contributed by atoms with Gasteiger partial charge in [-0.25, -0.2) is 5.01 Å². The van der Waals surface area contributed by atoms with E-state index in [4.69, 9.17) is 14.2 Å². The van der Waals surface area contributed by atoms with Gasteiger partial charge in [-0.05, 0) is 65.1 Å². The molecule has 1 aliphatic heterocycles. The van der Waals surface area contributed by atoms with Crippen molar-refractivity contribution in [2.24, 2.45) is 0 Å². The van der Waals surface area contributed by atoms with Crippen molar-refractivity contribution >= 4 is 40.1 Å². The highest BCUT2D eigenvalue weighted by Gasteiger charge is 2.36. The number of halogens is 1. The van der Waals surface area contributed by atoms with E-state index in [0.29, 0.717) is 39.6 Å². The predicted octanol–water partition coefficient (Wildman–Crippen LogP) is 3.62. The summed E-state index contributed by atoms with van der Waals surface area (Å²) in [6, 6.07) is 12.1. The largest absolute Gasteiger partial charge is 0.493 e. The summed E-state index contributed by atoms with van der Waals surface area (Å²) in [5, 5.41) is 4.61. The third-order valence-electron chi connectivity index (χ3n) is 5.15. The molecule has 10 heteroatoms. The number of benzene rings is 2. The second kappa shape index (κ2) is 9.53. The van der Waals surface area contributed by atoms with Gasteiger partial charge in [-0.3, -0.25) is 20.0 Å². The molecule has 2 heterocycles. The number of carbonyl (C=O) groups excluding carboxylic acids is 2. The first-order valence-electron chi connectivity index (χ1n) is 9.87. The summed E-state index contributed by atoms with van der Waals surface area (Å²) in [5.41, 5.74) is 4.82. The van der Waals surface area contributed by atoms with Crippen LogP contribution in [-0.2, 0) is 0 Å². The van der Waals surface area contributed by atoms with Gasteiger partial charge in [-0.1, -0.05) is 0 Å². The molecule has 1 aliphatic rings. The first-order valence-corrected chi connectivity index (χ1v) is 10.9. The molecule has 0 unspecified atom stereocenters. The molecule has 9 nitrogen and oxygen atoms in total. The molecule has 2 aromatic carbocycles. The van der Waals surface area contributed by atoms with Gasteiger partial charge in [0.05, 0.1) is 26.9 Å². The van der Waals surface area contributed by atoms with Gasteiger partial charge in [0.15, 0.2) is 11.5 Å². The molecule has 0 aliphatic carbocycles. The van der Waals surface area contributed by atoms with Crippen LogP contribution in [0.2, 0.25) is 0 Å². The van der Waals surface area contributed by atoms with Crippen molar-refractivity contribution in [3.8, 4) is 17.2 Å². The highest BCUT2D eigenvalue weighted by Crippen LogP contribution is 2.42. The van der Waals surface area contributed by atoms with Crippen LogP contribution in [0.25, 0.3) is 0 Å². The quantitative estimate of drug-likeness (QED) is 0.445. The Balaban J connectivity index is 1.81. The SMILES string of the molecule is COc1cc([C@@H]2Nc3ccc(I)cc3C(=O)N2NC(=O)c2ccncc2)cc(OC)c1OC. The Morgan fingerprint density at radius 1 is 1.03 bits per heavy atom. The fourth-order valence-electron chi connectivity index (χ4n) is 3.56. The molecule has 1 atom stereocenters. The van der Waals surface area contributed by atoms with Crippen LogP contribution in [0.3, 0.4) is 0 Å². The summed E-state index contributed by atoms with van der Waals surface area (Å²) in [4.78, 5) is 30.4. The second-order valence-electron chi connectivity index (χ2n) is 7.05. The average Bonchev–Trinajstić information content (AvgIpc) is 2.85. The molecule has 2 amide bonds. The maximum absolute atomic E-state index is 13.5. The van der Waals surface area contributed by atoms with E-state index in [1.54, 1.807) is 30.3 Å². The minimum absolute atomic E-state index is 0.358. The lowest BCUT2D eigenvalue weighted by Gasteiger charge is -2.38. The highest BCUT2D eigenvalue weighted by atomic mass is 127. The van der Waals surface area contributed by atoms with Gasteiger partial charge in [0.1, 0.15) is 6.17 Å². The number of anilines is 1. The Kier molecular flexibility index (Phi) is 6.54. The molecule has 4 rings (SSSR count). The maximum atomic E-state index is 13.5. The van der Waals surface area contributed by atoms with Crippen molar-refractivity contribution in [1.29, 1.82) is 0 Å². The fraction of sp³-hybridized carbons (Fsp3) is 0.174. The number of ether oxygens (including phenoxy) is 3. The van der Waals surface area contributed by atoms with Crippen LogP contribution in [0.4, 0.5) is 5.69 Å². The van der Waals surface area contributed by atoms with Crippen LogP contribution in [0, 0.1) is 3.57 Å². The van der Waals surface area contributed by atoms with Gasteiger partial charge in [0, 0.05) is 32.8 Å². The minimum Gasteiger partial charge on any atom is -0.493 e. The summed E-state index contributed by atoms with van der Waals surface area (Å²) >= 11 is 2.14. The maximum Gasteiger partial charge on any atom is 0.276 e. The normalized spacial score (nSPS) is 14.7. The van der Waals surface area contributed by atoms with Crippen molar-refractivity contribution in [2.45, 2.75) is 6.17 Å². The summed E-state index contributed by atoms with van der Waals surface area (Å²) in [6.45, 7) is 0. The number of pyridine rings is 1. The number of hydrogen-bond donors (Lipinski definition) is 2. The Hall–Kier alpha value is -3.54. The molecule has 170 valence electrons. The molecule has 33 heavy (non-hydrogen) atoms. The smallest absolute Gasteiger partial charge is 0.276 e. The Labute approximate surface area is 204 Å².